The van der Waals surface area contributed by atoms with Crippen molar-refractivity contribution in [3.05, 3.63) is 35.9 Å². The predicted octanol–water partition coefficient (Wildman–Crippen LogP) is 0.868. The first kappa shape index (κ1) is 10.7. The highest BCUT2D eigenvalue weighted by Gasteiger charge is 2.16. The molecule has 0 radical (unpaired) electrons. The molecule has 1 unspecified atom stereocenters. The van der Waals surface area contributed by atoms with E-state index in [2.05, 4.69) is 10.1 Å². The van der Waals surface area contributed by atoms with Crippen molar-refractivity contribution in [3.63, 3.8) is 0 Å². The van der Waals surface area contributed by atoms with Crippen molar-refractivity contribution in [1.29, 1.82) is 0 Å². The van der Waals surface area contributed by atoms with E-state index in [1.807, 2.05) is 0 Å². The molecule has 0 amide bonds. The van der Waals surface area contributed by atoms with Crippen LogP contribution in [0.5, 0.6) is 0 Å². The number of aliphatic hydroxyl groups excluding tert-OH is 1. The van der Waals surface area contributed by atoms with Crippen LogP contribution in [0.1, 0.15) is 11.9 Å². The summed E-state index contributed by atoms with van der Waals surface area (Å²) in [6.07, 6.45) is 0. The first-order chi connectivity index (χ1) is 7.72. The van der Waals surface area contributed by atoms with Crippen LogP contribution in [0.15, 0.2) is 28.8 Å². The number of hydrogen-bond donors (Lipinski definition) is 2. The number of nitrogens with two attached hydrogens (primary N) is 1. The van der Waals surface area contributed by atoms with E-state index in [0.29, 0.717) is 0 Å². The van der Waals surface area contributed by atoms with E-state index in [1.54, 1.807) is 12.1 Å². The molecule has 0 saturated carbocycles. The minimum atomic E-state index is -0.718. The van der Waals surface area contributed by atoms with Gasteiger partial charge >= 0.3 is 0 Å². The summed E-state index contributed by atoms with van der Waals surface area (Å²) in [7, 11) is 0. The SMILES string of the molecule is NC(CO)c1noc(-c2ccccc2F)n1. The van der Waals surface area contributed by atoms with Gasteiger partial charge in [0.1, 0.15) is 5.82 Å². The molecule has 16 heavy (non-hydrogen) atoms. The Morgan fingerprint density at radius 1 is 1.44 bits per heavy atom. The molecule has 1 aromatic carbocycles. The molecule has 3 N–H and O–H groups in total. The number of benzene rings is 1. The third-order valence-electron chi connectivity index (χ3n) is 2.07. The molecule has 2 aromatic rings. The second-order valence-electron chi connectivity index (χ2n) is 3.23. The average molecular weight is 223 g/mol. The van der Waals surface area contributed by atoms with E-state index in [9.17, 15) is 4.39 Å². The highest BCUT2D eigenvalue weighted by atomic mass is 19.1. The Balaban J connectivity index is 2.35. The maximum atomic E-state index is 13.4. The van der Waals surface area contributed by atoms with Gasteiger partial charge in [-0.05, 0) is 12.1 Å². The van der Waals surface area contributed by atoms with Gasteiger partial charge in [0.2, 0.25) is 0 Å². The first-order valence-corrected chi connectivity index (χ1v) is 4.67. The van der Waals surface area contributed by atoms with E-state index in [4.69, 9.17) is 15.4 Å². The van der Waals surface area contributed by atoms with E-state index in [0.717, 1.165) is 0 Å². The molecular formula is C10H10FN3O2. The fraction of sp³-hybridized carbons (Fsp3) is 0.200. The molecule has 0 aliphatic heterocycles. The molecule has 84 valence electrons. The van der Waals surface area contributed by atoms with Crippen molar-refractivity contribution in [2.45, 2.75) is 6.04 Å². The average Bonchev–Trinajstić information content (AvgIpc) is 2.78. The van der Waals surface area contributed by atoms with Crippen LogP contribution in [0, 0.1) is 5.82 Å². The van der Waals surface area contributed by atoms with Gasteiger partial charge in [-0.2, -0.15) is 4.98 Å². The molecule has 5 nitrogen and oxygen atoms in total. The lowest BCUT2D eigenvalue weighted by Gasteiger charge is -1.98. The Morgan fingerprint density at radius 2 is 2.19 bits per heavy atom. The number of rotatable bonds is 3. The summed E-state index contributed by atoms with van der Waals surface area (Å²) < 4.78 is 18.2. The zero-order valence-electron chi connectivity index (χ0n) is 8.30. The summed E-state index contributed by atoms with van der Waals surface area (Å²) in [6, 6.07) is 5.33. The summed E-state index contributed by atoms with van der Waals surface area (Å²) in [5, 5.41) is 12.4. The molecule has 0 saturated heterocycles. The molecule has 0 aliphatic carbocycles. The summed E-state index contributed by atoms with van der Waals surface area (Å²) in [4.78, 5) is 3.91. The van der Waals surface area contributed by atoms with E-state index < -0.39 is 11.9 Å². The number of nitrogens with zero attached hydrogens (tertiary/aromatic N) is 2. The molecule has 6 heteroatoms. The third-order valence-corrected chi connectivity index (χ3v) is 2.07. The van der Waals surface area contributed by atoms with Crippen LogP contribution in [-0.4, -0.2) is 21.9 Å². The highest BCUT2D eigenvalue weighted by Crippen LogP contribution is 2.21. The molecule has 1 aromatic heterocycles. The largest absolute Gasteiger partial charge is 0.394 e. The summed E-state index contributed by atoms with van der Waals surface area (Å²) in [5.74, 6) is -0.243. The number of hydrogen-bond acceptors (Lipinski definition) is 5. The van der Waals surface area contributed by atoms with Gasteiger partial charge in [-0.1, -0.05) is 17.3 Å². The zero-order valence-corrected chi connectivity index (χ0v) is 8.30. The van der Waals surface area contributed by atoms with Crippen LogP contribution in [0.3, 0.4) is 0 Å². The predicted molar refractivity (Wildman–Crippen MR) is 53.7 cm³/mol. The molecule has 0 aliphatic rings. The van der Waals surface area contributed by atoms with Gasteiger partial charge in [0.15, 0.2) is 5.82 Å². The van der Waals surface area contributed by atoms with Crippen molar-refractivity contribution in [2.75, 3.05) is 6.61 Å². The van der Waals surface area contributed by atoms with Crippen molar-refractivity contribution >= 4 is 0 Å². The lowest BCUT2D eigenvalue weighted by molar-refractivity contribution is 0.260. The summed E-state index contributed by atoms with van der Waals surface area (Å²) in [5.41, 5.74) is 5.71. The third kappa shape index (κ3) is 1.93. The van der Waals surface area contributed by atoms with Crippen molar-refractivity contribution in [2.24, 2.45) is 5.73 Å². The van der Waals surface area contributed by atoms with Crippen LogP contribution in [0.4, 0.5) is 4.39 Å². The number of aromatic nitrogens is 2. The van der Waals surface area contributed by atoms with E-state index in [-0.39, 0.29) is 23.9 Å². The Labute approximate surface area is 90.7 Å². The van der Waals surface area contributed by atoms with Gasteiger partial charge in [0.05, 0.1) is 18.2 Å². The second kappa shape index (κ2) is 4.38. The van der Waals surface area contributed by atoms with Gasteiger partial charge in [-0.15, -0.1) is 0 Å². The van der Waals surface area contributed by atoms with Gasteiger partial charge < -0.3 is 15.4 Å². The van der Waals surface area contributed by atoms with Crippen LogP contribution in [0.25, 0.3) is 11.5 Å². The lowest BCUT2D eigenvalue weighted by Crippen LogP contribution is -2.15. The normalized spacial score (nSPS) is 12.7. The zero-order chi connectivity index (χ0) is 11.5. The smallest absolute Gasteiger partial charge is 0.260 e. The Kier molecular flexibility index (Phi) is 2.93. The first-order valence-electron chi connectivity index (χ1n) is 4.67. The number of halogens is 1. The molecule has 1 heterocycles. The van der Waals surface area contributed by atoms with Crippen LogP contribution < -0.4 is 5.73 Å². The Morgan fingerprint density at radius 3 is 2.88 bits per heavy atom. The maximum absolute atomic E-state index is 13.4. The van der Waals surface area contributed by atoms with Crippen molar-refractivity contribution in [1.82, 2.24) is 10.1 Å². The molecule has 0 bridgehead atoms. The van der Waals surface area contributed by atoms with Gasteiger partial charge in [0.25, 0.3) is 5.89 Å². The van der Waals surface area contributed by atoms with E-state index >= 15 is 0 Å². The van der Waals surface area contributed by atoms with Crippen LogP contribution in [-0.2, 0) is 0 Å². The van der Waals surface area contributed by atoms with Gasteiger partial charge in [-0.3, -0.25) is 0 Å². The quantitative estimate of drug-likeness (QED) is 0.806. The summed E-state index contributed by atoms with van der Waals surface area (Å²) >= 11 is 0. The van der Waals surface area contributed by atoms with Crippen molar-refractivity contribution < 1.29 is 14.0 Å². The Hall–Kier alpha value is -1.79. The fourth-order valence-corrected chi connectivity index (χ4v) is 1.21. The summed E-state index contributed by atoms with van der Waals surface area (Å²) in [6.45, 7) is -0.295. The maximum Gasteiger partial charge on any atom is 0.260 e. The lowest BCUT2D eigenvalue weighted by atomic mass is 10.2. The van der Waals surface area contributed by atoms with Crippen LogP contribution >= 0.6 is 0 Å². The minimum absolute atomic E-state index is 0.0528. The topological polar surface area (TPSA) is 85.2 Å². The van der Waals surface area contributed by atoms with Crippen LogP contribution in [0.2, 0.25) is 0 Å². The minimum Gasteiger partial charge on any atom is -0.394 e. The van der Waals surface area contributed by atoms with E-state index in [1.165, 1.54) is 12.1 Å². The molecule has 0 fully saturated rings. The van der Waals surface area contributed by atoms with Gasteiger partial charge in [0, 0.05) is 0 Å². The van der Waals surface area contributed by atoms with Gasteiger partial charge in [-0.25, -0.2) is 4.39 Å². The van der Waals surface area contributed by atoms with Crippen molar-refractivity contribution in [3.8, 4) is 11.5 Å². The Bertz CT molecular complexity index is 486. The molecule has 1 atom stereocenters. The molecule has 2 rings (SSSR count). The second-order valence-corrected chi connectivity index (χ2v) is 3.23. The monoisotopic (exact) mass is 223 g/mol. The molecule has 0 spiro atoms. The number of aliphatic hydroxyl groups is 1. The fourth-order valence-electron chi connectivity index (χ4n) is 1.21. The standard InChI is InChI=1S/C10H10FN3O2/c11-7-4-2-1-3-6(7)10-13-9(14-16-10)8(12)5-15/h1-4,8,15H,5,12H2. The highest BCUT2D eigenvalue weighted by molar-refractivity contribution is 5.53. The molecular weight excluding hydrogens is 213 g/mol.